The molecule has 0 aromatic carbocycles. The Morgan fingerprint density at radius 2 is 1.64 bits per heavy atom. The number of nitrogens with one attached hydrogen (secondary N) is 1. The third-order valence-corrected chi connectivity index (χ3v) is 6.29. The standard InChI is InChI=1S/C21H36N4O3/c1-15(2)13-18(26)24-9-5-17(6-10-24)25-19(27)21(22-20(25)28)7-11-23(12-8-21)14-16(3)4/h15-17H,5-14H2,1-4H3,(H,22,28). The quantitative estimate of drug-likeness (QED) is 0.727. The molecular weight excluding hydrogens is 356 g/mol. The van der Waals surface area contributed by atoms with Crippen molar-refractivity contribution in [3.8, 4) is 0 Å². The summed E-state index contributed by atoms with van der Waals surface area (Å²) >= 11 is 0. The molecule has 3 aliphatic heterocycles. The van der Waals surface area contributed by atoms with Crippen molar-refractivity contribution in [1.29, 1.82) is 0 Å². The van der Waals surface area contributed by atoms with Crippen molar-refractivity contribution in [2.24, 2.45) is 11.8 Å². The average Bonchev–Trinajstić information content (AvgIpc) is 2.86. The number of carbonyl (C=O) groups excluding carboxylic acids is 3. The maximum Gasteiger partial charge on any atom is 0.325 e. The lowest BCUT2D eigenvalue weighted by Gasteiger charge is -2.39. The molecule has 7 heteroatoms. The number of hydrogen-bond donors (Lipinski definition) is 1. The molecule has 3 fully saturated rings. The normalized spacial score (nSPS) is 23.9. The summed E-state index contributed by atoms with van der Waals surface area (Å²) in [6.45, 7) is 12.5. The molecule has 1 N–H and O–H groups in total. The second-order valence-electron chi connectivity index (χ2n) is 9.59. The van der Waals surface area contributed by atoms with Crippen molar-refractivity contribution in [2.45, 2.75) is 71.4 Å². The van der Waals surface area contributed by atoms with E-state index >= 15 is 0 Å². The highest BCUT2D eigenvalue weighted by molar-refractivity contribution is 6.07. The number of imide groups is 1. The fraction of sp³-hybridized carbons (Fsp3) is 0.857. The van der Waals surface area contributed by atoms with Gasteiger partial charge < -0.3 is 15.1 Å². The van der Waals surface area contributed by atoms with E-state index in [1.54, 1.807) is 0 Å². The lowest BCUT2D eigenvalue weighted by Crippen LogP contribution is -2.56. The minimum Gasteiger partial charge on any atom is -0.343 e. The van der Waals surface area contributed by atoms with Gasteiger partial charge in [0, 0.05) is 45.2 Å². The Bertz CT molecular complexity index is 603. The fourth-order valence-electron chi connectivity index (χ4n) is 4.80. The number of hydrogen-bond acceptors (Lipinski definition) is 4. The number of amides is 4. The number of rotatable bonds is 5. The van der Waals surface area contributed by atoms with Crippen LogP contribution < -0.4 is 5.32 Å². The summed E-state index contributed by atoms with van der Waals surface area (Å²) in [5.41, 5.74) is -0.713. The van der Waals surface area contributed by atoms with Gasteiger partial charge in [-0.15, -0.1) is 0 Å². The van der Waals surface area contributed by atoms with Gasteiger partial charge in [0.2, 0.25) is 5.91 Å². The largest absolute Gasteiger partial charge is 0.343 e. The van der Waals surface area contributed by atoms with Gasteiger partial charge in [-0.1, -0.05) is 27.7 Å². The summed E-state index contributed by atoms with van der Waals surface area (Å²) in [6.07, 6.45) is 3.29. The molecule has 3 heterocycles. The zero-order valence-corrected chi connectivity index (χ0v) is 17.9. The molecule has 0 aliphatic carbocycles. The van der Waals surface area contributed by atoms with Crippen LogP contribution in [0, 0.1) is 11.8 Å². The van der Waals surface area contributed by atoms with Crippen LogP contribution in [0.3, 0.4) is 0 Å². The van der Waals surface area contributed by atoms with Crippen LogP contribution in [0.1, 0.15) is 59.8 Å². The minimum absolute atomic E-state index is 0.0475. The molecule has 7 nitrogen and oxygen atoms in total. The maximum absolute atomic E-state index is 13.2. The predicted octanol–water partition coefficient (Wildman–Crippen LogP) is 2.07. The summed E-state index contributed by atoms with van der Waals surface area (Å²) in [7, 11) is 0. The van der Waals surface area contributed by atoms with E-state index < -0.39 is 5.54 Å². The van der Waals surface area contributed by atoms with Gasteiger partial charge in [0.05, 0.1) is 0 Å². The Labute approximate surface area is 168 Å². The fourth-order valence-corrected chi connectivity index (χ4v) is 4.80. The van der Waals surface area contributed by atoms with E-state index in [2.05, 4.69) is 24.1 Å². The molecular formula is C21H36N4O3. The van der Waals surface area contributed by atoms with Gasteiger partial charge in [-0.05, 0) is 37.5 Å². The maximum atomic E-state index is 13.2. The van der Waals surface area contributed by atoms with E-state index in [4.69, 9.17) is 0 Å². The molecule has 0 aromatic heterocycles. The Morgan fingerprint density at radius 1 is 1.04 bits per heavy atom. The lowest BCUT2D eigenvalue weighted by atomic mass is 9.86. The Morgan fingerprint density at radius 3 is 2.18 bits per heavy atom. The van der Waals surface area contributed by atoms with E-state index in [1.807, 2.05) is 18.7 Å². The number of carbonyl (C=O) groups is 3. The first kappa shape index (κ1) is 21.1. The summed E-state index contributed by atoms with van der Waals surface area (Å²) in [6, 6.07) is -0.335. The zero-order valence-electron chi connectivity index (χ0n) is 17.9. The first-order chi connectivity index (χ1) is 13.2. The topological polar surface area (TPSA) is 73.0 Å². The molecule has 3 saturated heterocycles. The number of piperidine rings is 2. The lowest BCUT2D eigenvalue weighted by molar-refractivity contribution is -0.136. The van der Waals surface area contributed by atoms with E-state index in [0.717, 1.165) is 19.6 Å². The smallest absolute Gasteiger partial charge is 0.325 e. The molecule has 3 aliphatic rings. The van der Waals surface area contributed by atoms with Crippen LogP contribution in [0.15, 0.2) is 0 Å². The van der Waals surface area contributed by atoms with E-state index in [1.165, 1.54) is 4.90 Å². The Kier molecular flexibility index (Phi) is 6.32. The second-order valence-corrected chi connectivity index (χ2v) is 9.59. The van der Waals surface area contributed by atoms with E-state index in [0.29, 0.717) is 57.0 Å². The van der Waals surface area contributed by atoms with E-state index in [-0.39, 0.29) is 23.9 Å². The van der Waals surface area contributed by atoms with Crippen molar-refractivity contribution in [3.63, 3.8) is 0 Å². The Hall–Kier alpha value is -1.63. The summed E-state index contributed by atoms with van der Waals surface area (Å²) in [5.74, 6) is 1.08. The van der Waals surface area contributed by atoms with Gasteiger partial charge in [-0.25, -0.2) is 4.79 Å². The van der Waals surface area contributed by atoms with Gasteiger partial charge in [0.1, 0.15) is 5.54 Å². The van der Waals surface area contributed by atoms with Crippen LogP contribution in [-0.4, -0.2) is 76.8 Å². The van der Waals surface area contributed by atoms with Crippen LogP contribution in [0.2, 0.25) is 0 Å². The predicted molar refractivity (Wildman–Crippen MR) is 108 cm³/mol. The molecule has 0 aromatic rings. The van der Waals surface area contributed by atoms with Crippen molar-refractivity contribution < 1.29 is 14.4 Å². The number of likely N-dealkylation sites (tertiary alicyclic amines) is 2. The first-order valence-corrected chi connectivity index (χ1v) is 10.9. The highest BCUT2D eigenvalue weighted by atomic mass is 16.2. The first-order valence-electron chi connectivity index (χ1n) is 10.9. The zero-order chi connectivity index (χ0) is 20.5. The van der Waals surface area contributed by atoms with Crippen molar-refractivity contribution in [1.82, 2.24) is 20.0 Å². The van der Waals surface area contributed by atoms with Crippen LogP contribution in [-0.2, 0) is 9.59 Å². The molecule has 0 bridgehead atoms. The highest BCUT2D eigenvalue weighted by Crippen LogP contribution is 2.33. The van der Waals surface area contributed by atoms with Gasteiger partial charge >= 0.3 is 6.03 Å². The van der Waals surface area contributed by atoms with Gasteiger partial charge in [-0.2, -0.15) is 0 Å². The monoisotopic (exact) mass is 392 g/mol. The highest BCUT2D eigenvalue weighted by Gasteiger charge is 2.54. The summed E-state index contributed by atoms with van der Waals surface area (Å²) < 4.78 is 0. The molecule has 0 atom stereocenters. The minimum atomic E-state index is -0.713. The number of urea groups is 1. The molecule has 1 spiro atoms. The molecule has 0 unspecified atom stereocenters. The molecule has 0 saturated carbocycles. The van der Waals surface area contributed by atoms with E-state index in [9.17, 15) is 14.4 Å². The number of nitrogens with zero attached hydrogens (tertiary/aromatic N) is 3. The molecule has 4 amide bonds. The molecule has 3 rings (SSSR count). The van der Waals surface area contributed by atoms with Crippen molar-refractivity contribution in [2.75, 3.05) is 32.7 Å². The third-order valence-electron chi connectivity index (χ3n) is 6.29. The average molecular weight is 393 g/mol. The summed E-state index contributed by atoms with van der Waals surface area (Å²) in [4.78, 5) is 43.9. The Balaban J connectivity index is 1.57. The van der Waals surface area contributed by atoms with Crippen LogP contribution in [0.5, 0.6) is 0 Å². The second kappa shape index (κ2) is 8.39. The van der Waals surface area contributed by atoms with Crippen molar-refractivity contribution >= 4 is 17.8 Å². The SMILES string of the molecule is CC(C)CC(=O)N1CCC(N2C(=O)NC3(CCN(CC(C)C)CC3)C2=O)CC1. The van der Waals surface area contributed by atoms with Gasteiger partial charge in [0.25, 0.3) is 5.91 Å². The van der Waals surface area contributed by atoms with Crippen LogP contribution in [0.4, 0.5) is 4.79 Å². The molecule has 0 radical (unpaired) electrons. The summed E-state index contributed by atoms with van der Waals surface area (Å²) in [5, 5.41) is 3.03. The van der Waals surface area contributed by atoms with Gasteiger partial charge in [0.15, 0.2) is 0 Å². The van der Waals surface area contributed by atoms with Crippen LogP contribution >= 0.6 is 0 Å². The van der Waals surface area contributed by atoms with Gasteiger partial charge in [-0.3, -0.25) is 14.5 Å². The van der Waals surface area contributed by atoms with Crippen molar-refractivity contribution in [3.05, 3.63) is 0 Å². The molecule has 158 valence electrons. The third kappa shape index (κ3) is 4.34. The molecule has 28 heavy (non-hydrogen) atoms. The van der Waals surface area contributed by atoms with Crippen LogP contribution in [0.25, 0.3) is 0 Å².